The summed E-state index contributed by atoms with van der Waals surface area (Å²) in [5, 5.41) is 9.73. The normalized spacial score (nSPS) is 19.5. The van der Waals surface area contributed by atoms with Gasteiger partial charge in [-0.1, -0.05) is 12.1 Å². The zero-order valence-electron chi connectivity index (χ0n) is 16.1. The first-order chi connectivity index (χ1) is 13.0. The molecule has 3 rings (SSSR count). The average Bonchev–Trinajstić information content (AvgIpc) is 3.03. The lowest BCUT2D eigenvalue weighted by Gasteiger charge is -2.33. The summed E-state index contributed by atoms with van der Waals surface area (Å²) in [4.78, 5) is 12.3. The molecule has 0 fully saturated rings. The summed E-state index contributed by atoms with van der Waals surface area (Å²) in [5.41, 5.74) is 0.120. The molecule has 2 atom stereocenters. The number of carbonyl (C=O) groups is 1. The average molecular weight is 396 g/mol. The van der Waals surface area contributed by atoms with Crippen LogP contribution in [0.1, 0.15) is 55.3 Å². The number of amides is 1. The minimum atomic E-state index is -4.49. The van der Waals surface area contributed by atoms with Gasteiger partial charge in [-0.3, -0.25) is 4.79 Å². The highest BCUT2D eigenvalue weighted by molar-refractivity contribution is 5.93. The van der Waals surface area contributed by atoms with Crippen LogP contribution in [0.4, 0.5) is 19.0 Å². The lowest BCUT2D eigenvalue weighted by molar-refractivity contribution is -0.173. The molecule has 1 aliphatic rings. The van der Waals surface area contributed by atoms with Crippen molar-refractivity contribution >= 4 is 11.7 Å². The maximum absolute atomic E-state index is 13.7. The number of hydrogen-bond donors (Lipinski definition) is 2. The number of anilines is 1. The Hall–Kier alpha value is -2.71. The maximum atomic E-state index is 13.7. The molecule has 0 saturated heterocycles. The van der Waals surface area contributed by atoms with Crippen molar-refractivity contribution in [2.75, 3.05) is 12.4 Å². The summed E-state index contributed by atoms with van der Waals surface area (Å²) in [5.74, 6) is 0.268. The molecule has 2 heterocycles. The number of methoxy groups -OCH3 is 1. The quantitative estimate of drug-likeness (QED) is 0.820. The van der Waals surface area contributed by atoms with Crippen LogP contribution in [0.3, 0.4) is 0 Å². The summed E-state index contributed by atoms with van der Waals surface area (Å²) < 4.78 is 47.1. The van der Waals surface area contributed by atoms with Gasteiger partial charge in [0, 0.05) is 18.0 Å². The Morgan fingerprint density at radius 2 is 1.89 bits per heavy atom. The summed E-state index contributed by atoms with van der Waals surface area (Å²) in [6.45, 7) is 5.37. The van der Waals surface area contributed by atoms with E-state index >= 15 is 0 Å². The van der Waals surface area contributed by atoms with Gasteiger partial charge in [0.25, 0.3) is 5.91 Å². The zero-order chi connectivity index (χ0) is 20.7. The lowest BCUT2D eigenvalue weighted by Crippen LogP contribution is -2.41. The van der Waals surface area contributed by atoms with E-state index in [1.54, 1.807) is 45.0 Å². The number of rotatable bonds is 3. The number of aromatic nitrogens is 2. The van der Waals surface area contributed by atoms with Crippen LogP contribution < -0.4 is 15.4 Å². The Morgan fingerprint density at radius 1 is 1.25 bits per heavy atom. The van der Waals surface area contributed by atoms with Gasteiger partial charge in [-0.15, -0.1) is 0 Å². The van der Waals surface area contributed by atoms with Crippen LogP contribution in [0.2, 0.25) is 0 Å². The minimum absolute atomic E-state index is 0.0537. The van der Waals surface area contributed by atoms with Crippen molar-refractivity contribution in [3.63, 3.8) is 0 Å². The fourth-order valence-corrected chi connectivity index (χ4v) is 3.14. The van der Waals surface area contributed by atoms with E-state index in [0.717, 1.165) is 4.68 Å². The largest absolute Gasteiger partial charge is 0.497 e. The predicted molar refractivity (Wildman–Crippen MR) is 98.5 cm³/mol. The Bertz CT molecular complexity index is 854. The van der Waals surface area contributed by atoms with E-state index in [1.165, 1.54) is 13.2 Å². The second-order valence-electron chi connectivity index (χ2n) is 7.83. The molecule has 6 nitrogen and oxygen atoms in total. The SMILES string of the molecule is COc1ccc([C@@H]2C[C@H](C(F)(F)F)n3nc(C(=O)NC(C)(C)C)cc3N2)cc1. The maximum Gasteiger partial charge on any atom is 0.410 e. The molecule has 152 valence electrons. The fourth-order valence-electron chi connectivity index (χ4n) is 3.14. The van der Waals surface area contributed by atoms with Gasteiger partial charge in [-0.25, -0.2) is 4.68 Å². The summed E-state index contributed by atoms with van der Waals surface area (Å²) >= 11 is 0. The molecule has 2 N–H and O–H groups in total. The molecule has 0 saturated carbocycles. The molecule has 0 unspecified atom stereocenters. The molecular weight excluding hydrogens is 373 g/mol. The fraction of sp³-hybridized carbons (Fsp3) is 0.474. The Kier molecular flexibility index (Phi) is 5.03. The van der Waals surface area contributed by atoms with Crippen LogP contribution in [0.25, 0.3) is 0 Å². The van der Waals surface area contributed by atoms with Crippen LogP contribution in [0.15, 0.2) is 30.3 Å². The molecule has 1 aromatic carbocycles. The van der Waals surface area contributed by atoms with Crippen molar-refractivity contribution in [2.45, 2.75) is 51.0 Å². The first kappa shape index (κ1) is 20.0. The topological polar surface area (TPSA) is 68.2 Å². The van der Waals surface area contributed by atoms with Crippen LogP contribution >= 0.6 is 0 Å². The van der Waals surface area contributed by atoms with E-state index in [1.807, 2.05) is 0 Å². The van der Waals surface area contributed by atoms with E-state index in [0.29, 0.717) is 11.3 Å². The van der Waals surface area contributed by atoms with Gasteiger partial charge in [-0.05, 0) is 38.5 Å². The second kappa shape index (κ2) is 7.03. The number of alkyl halides is 3. The highest BCUT2D eigenvalue weighted by atomic mass is 19.4. The van der Waals surface area contributed by atoms with Crippen molar-refractivity contribution in [1.29, 1.82) is 0 Å². The van der Waals surface area contributed by atoms with E-state index in [9.17, 15) is 18.0 Å². The van der Waals surface area contributed by atoms with Crippen molar-refractivity contribution in [1.82, 2.24) is 15.1 Å². The van der Waals surface area contributed by atoms with E-state index in [-0.39, 0.29) is 17.9 Å². The number of nitrogens with zero attached hydrogens (tertiary/aromatic N) is 2. The Labute approximate surface area is 161 Å². The first-order valence-electron chi connectivity index (χ1n) is 8.87. The monoisotopic (exact) mass is 396 g/mol. The van der Waals surface area contributed by atoms with E-state index < -0.39 is 29.7 Å². The lowest BCUT2D eigenvalue weighted by atomic mass is 9.97. The van der Waals surface area contributed by atoms with Crippen molar-refractivity contribution in [3.05, 3.63) is 41.6 Å². The molecule has 0 spiro atoms. The number of nitrogens with one attached hydrogen (secondary N) is 2. The summed E-state index contributed by atoms with van der Waals surface area (Å²) in [6.07, 6.45) is -4.73. The zero-order valence-corrected chi connectivity index (χ0v) is 16.1. The molecule has 0 bridgehead atoms. The van der Waals surface area contributed by atoms with E-state index in [4.69, 9.17) is 4.74 Å². The Balaban J connectivity index is 1.94. The predicted octanol–water partition coefficient (Wildman–Crippen LogP) is 4.08. The van der Waals surface area contributed by atoms with Gasteiger partial charge < -0.3 is 15.4 Å². The highest BCUT2D eigenvalue weighted by Gasteiger charge is 2.46. The van der Waals surface area contributed by atoms with Gasteiger partial charge >= 0.3 is 6.18 Å². The number of benzene rings is 1. The number of hydrogen-bond acceptors (Lipinski definition) is 4. The highest BCUT2D eigenvalue weighted by Crippen LogP contribution is 2.43. The Morgan fingerprint density at radius 3 is 2.43 bits per heavy atom. The third kappa shape index (κ3) is 4.23. The molecule has 1 aliphatic heterocycles. The van der Waals surface area contributed by atoms with Gasteiger partial charge in [0.1, 0.15) is 11.6 Å². The smallest absolute Gasteiger partial charge is 0.410 e. The van der Waals surface area contributed by atoms with Crippen molar-refractivity contribution in [3.8, 4) is 5.75 Å². The van der Waals surface area contributed by atoms with Crippen molar-refractivity contribution < 1.29 is 22.7 Å². The van der Waals surface area contributed by atoms with Gasteiger partial charge in [0.05, 0.1) is 13.2 Å². The number of ether oxygens (including phenoxy) is 1. The standard InChI is InChI=1S/C19H23F3N4O2/c1-18(2,3)24-17(27)14-10-16-23-13(11-5-7-12(28-4)8-6-11)9-15(19(20,21)22)26(16)25-14/h5-8,10,13,15,23H,9H2,1-4H3,(H,24,27)/t13-,15+/m0/s1. The number of halogens is 3. The molecule has 28 heavy (non-hydrogen) atoms. The van der Waals surface area contributed by atoms with Crippen molar-refractivity contribution in [2.24, 2.45) is 0 Å². The van der Waals surface area contributed by atoms with Gasteiger partial charge in [0.2, 0.25) is 0 Å². The van der Waals surface area contributed by atoms with Gasteiger partial charge in [-0.2, -0.15) is 18.3 Å². The van der Waals surface area contributed by atoms with Crippen LogP contribution in [-0.2, 0) is 0 Å². The number of carbonyl (C=O) groups excluding carboxylic acids is 1. The molecule has 0 radical (unpaired) electrons. The minimum Gasteiger partial charge on any atom is -0.497 e. The second-order valence-corrected chi connectivity index (χ2v) is 7.83. The summed E-state index contributed by atoms with van der Waals surface area (Å²) in [7, 11) is 1.52. The first-order valence-corrected chi connectivity index (χ1v) is 8.87. The van der Waals surface area contributed by atoms with E-state index in [2.05, 4.69) is 15.7 Å². The molecular formula is C19H23F3N4O2. The molecule has 1 amide bonds. The molecule has 0 aliphatic carbocycles. The molecule has 1 aromatic heterocycles. The summed E-state index contributed by atoms with van der Waals surface area (Å²) in [6, 6.07) is 5.82. The van der Waals surface area contributed by atoms with Crippen LogP contribution in [-0.4, -0.2) is 34.5 Å². The third-order valence-corrected chi connectivity index (χ3v) is 4.43. The molecule has 9 heteroatoms. The van der Waals surface area contributed by atoms with Crippen LogP contribution in [0.5, 0.6) is 5.75 Å². The molecule has 2 aromatic rings. The number of fused-ring (bicyclic) bond motifs is 1. The van der Waals surface area contributed by atoms with Gasteiger partial charge in [0.15, 0.2) is 11.7 Å². The van der Waals surface area contributed by atoms with Crippen LogP contribution in [0, 0.1) is 0 Å². The third-order valence-electron chi connectivity index (χ3n) is 4.43.